The van der Waals surface area contributed by atoms with Crippen LogP contribution in [0.3, 0.4) is 0 Å². The molecule has 10 heteroatoms. The fourth-order valence-electron chi connectivity index (χ4n) is 5.23. The lowest BCUT2D eigenvalue weighted by atomic mass is 9.91. The number of nitrogens with two attached hydrogens (primary N) is 1. The summed E-state index contributed by atoms with van der Waals surface area (Å²) in [4.78, 5) is 0. The molecular formula is C33H33N5O4S. The first kappa shape index (κ1) is 29.0. The van der Waals surface area contributed by atoms with Crippen LogP contribution in [0.1, 0.15) is 41.6 Å². The molecule has 0 unspecified atom stereocenters. The highest BCUT2D eigenvalue weighted by Gasteiger charge is 2.38. The molecule has 0 radical (unpaired) electrons. The summed E-state index contributed by atoms with van der Waals surface area (Å²) in [5, 5.41) is 32.1. The van der Waals surface area contributed by atoms with E-state index in [0.717, 1.165) is 39.1 Å². The summed E-state index contributed by atoms with van der Waals surface area (Å²) >= 11 is 1.51. The number of phenols is 1. The first-order valence-electron chi connectivity index (χ1n) is 14.1. The summed E-state index contributed by atoms with van der Waals surface area (Å²) in [5.74, 6) is 0.769. The molecule has 6 rings (SSSR count). The van der Waals surface area contributed by atoms with Crippen LogP contribution >= 0.6 is 11.8 Å². The molecule has 43 heavy (non-hydrogen) atoms. The lowest BCUT2D eigenvalue weighted by molar-refractivity contribution is -0.268. The number of aromatic hydroxyl groups is 1. The molecule has 1 saturated heterocycles. The Labute approximate surface area is 254 Å². The molecule has 4 aromatic carbocycles. The Morgan fingerprint density at radius 1 is 0.860 bits per heavy atom. The number of tetrazole rings is 1. The highest BCUT2D eigenvalue weighted by molar-refractivity contribution is 7.99. The van der Waals surface area contributed by atoms with Crippen LogP contribution in [0.15, 0.2) is 102 Å². The van der Waals surface area contributed by atoms with Crippen LogP contribution in [0.2, 0.25) is 0 Å². The van der Waals surface area contributed by atoms with Gasteiger partial charge < -0.3 is 25.4 Å². The standard InChI is InChI=1S/C33H33N5O4S/c1-21-30(20-43-33-35-36-37-38(33)28-12-14-29(40)15-13-28)41-32(42-31(21)24-10-8-22(19-39)9-11-24)27-7-3-6-26(17-27)25-5-2-4-23(16-25)18-34/h2-17,21,30-32,39-40H,18-20,34H2,1H3/t21-,30+,31+,32+/m0/s1. The maximum absolute atomic E-state index is 9.69. The minimum absolute atomic E-state index is 0.00569. The number of aliphatic hydroxyl groups is 1. The lowest BCUT2D eigenvalue weighted by Gasteiger charge is -2.41. The number of hydrogen-bond acceptors (Lipinski definition) is 9. The summed E-state index contributed by atoms with van der Waals surface area (Å²) in [7, 11) is 0. The number of hydrogen-bond donors (Lipinski definition) is 3. The molecule has 0 spiro atoms. The number of benzene rings is 4. The number of aliphatic hydroxyl groups excluding tert-OH is 1. The van der Waals surface area contributed by atoms with Crippen molar-refractivity contribution in [2.45, 2.75) is 43.7 Å². The predicted molar refractivity (Wildman–Crippen MR) is 164 cm³/mol. The molecule has 4 N–H and O–H groups in total. The quantitative estimate of drug-likeness (QED) is 0.187. The van der Waals surface area contributed by atoms with Gasteiger partial charge >= 0.3 is 0 Å². The van der Waals surface area contributed by atoms with E-state index in [0.29, 0.717) is 17.5 Å². The van der Waals surface area contributed by atoms with Crippen molar-refractivity contribution in [3.05, 3.63) is 119 Å². The van der Waals surface area contributed by atoms with Gasteiger partial charge in [-0.15, -0.1) is 5.10 Å². The van der Waals surface area contributed by atoms with E-state index in [1.807, 2.05) is 48.5 Å². The van der Waals surface area contributed by atoms with Crippen LogP contribution in [0.4, 0.5) is 0 Å². The van der Waals surface area contributed by atoms with Gasteiger partial charge in [0.1, 0.15) is 5.75 Å². The van der Waals surface area contributed by atoms with E-state index in [1.54, 1.807) is 28.9 Å². The molecule has 5 aromatic rings. The van der Waals surface area contributed by atoms with Gasteiger partial charge in [-0.2, -0.15) is 4.68 Å². The van der Waals surface area contributed by atoms with E-state index in [-0.39, 0.29) is 30.5 Å². The fraction of sp³-hybridized carbons (Fsp3) is 0.242. The summed E-state index contributed by atoms with van der Waals surface area (Å²) in [6.45, 7) is 2.59. The van der Waals surface area contributed by atoms with Gasteiger partial charge in [0.15, 0.2) is 6.29 Å². The van der Waals surface area contributed by atoms with Crippen LogP contribution in [-0.4, -0.2) is 42.3 Å². The Hall–Kier alpha value is -4.06. The zero-order valence-corrected chi connectivity index (χ0v) is 24.5. The highest BCUT2D eigenvalue weighted by Crippen LogP contribution is 2.43. The van der Waals surface area contributed by atoms with Crippen LogP contribution in [0.25, 0.3) is 16.8 Å². The van der Waals surface area contributed by atoms with Crippen molar-refractivity contribution in [3.63, 3.8) is 0 Å². The van der Waals surface area contributed by atoms with E-state index < -0.39 is 6.29 Å². The fourth-order valence-corrected chi connectivity index (χ4v) is 6.29. The largest absolute Gasteiger partial charge is 0.508 e. The SMILES string of the molecule is C[C@H]1[C@@H](CSc2nnnn2-c2ccc(O)cc2)O[C@@H](c2cccc(-c3cccc(CN)c3)c2)O[C@H]1c1ccc(CO)cc1. The Morgan fingerprint density at radius 3 is 2.35 bits per heavy atom. The molecule has 4 atom stereocenters. The number of ether oxygens (including phenoxy) is 2. The summed E-state index contributed by atoms with van der Waals surface area (Å²) in [5.41, 5.74) is 12.6. The van der Waals surface area contributed by atoms with Crippen LogP contribution in [-0.2, 0) is 22.6 Å². The predicted octanol–water partition coefficient (Wildman–Crippen LogP) is 5.57. The maximum Gasteiger partial charge on any atom is 0.214 e. The van der Waals surface area contributed by atoms with E-state index in [2.05, 4.69) is 46.7 Å². The van der Waals surface area contributed by atoms with Crippen LogP contribution < -0.4 is 5.73 Å². The van der Waals surface area contributed by atoms with Crippen LogP contribution in [0, 0.1) is 5.92 Å². The normalized spacial score (nSPS) is 20.3. The molecule has 2 heterocycles. The number of phenolic OH excluding ortho intramolecular Hbond substituents is 1. The average Bonchev–Trinajstić information content (AvgIpc) is 3.53. The topological polar surface area (TPSA) is 129 Å². The third kappa shape index (κ3) is 6.48. The third-order valence-corrected chi connectivity index (χ3v) is 8.70. The number of nitrogens with zero attached hydrogens (tertiary/aromatic N) is 4. The maximum atomic E-state index is 9.69. The van der Waals surface area contributed by atoms with E-state index in [9.17, 15) is 10.2 Å². The van der Waals surface area contributed by atoms with Crippen LogP contribution in [0.5, 0.6) is 5.75 Å². The Balaban J connectivity index is 1.28. The Kier molecular flexibility index (Phi) is 8.82. The highest BCUT2D eigenvalue weighted by atomic mass is 32.2. The molecule has 220 valence electrons. The van der Waals surface area contributed by atoms with Gasteiger partial charge in [0, 0.05) is 23.8 Å². The van der Waals surface area contributed by atoms with Crippen molar-refractivity contribution in [1.82, 2.24) is 20.2 Å². The molecule has 0 amide bonds. The van der Waals surface area contributed by atoms with Gasteiger partial charge in [0.25, 0.3) is 0 Å². The molecule has 1 aliphatic heterocycles. The van der Waals surface area contributed by atoms with Crippen molar-refractivity contribution in [3.8, 4) is 22.6 Å². The molecule has 9 nitrogen and oxygen atoms in total. The monoisotopic (exact) mass is 595 g/mol. The Morgan fingerprint density at radius 2 is 1.60 bits per heavy atom. The van der Waals surface area contributed by atoms with E-state index in [4.69, 9.17) is 15.2 Å². The Bertz CT molecular complexity index is 1660. The first-order chi connectivity index (χ1) is 21.0. The first-order valence-corrected chi connectivity index (χ1v) is 15.1. The molecule has 0 aliphatic carbocycles. The van der Waals surface area contributed by atoms with Gasteiger partial charge in [-0.25, -0.2) is 0 Å². The molecule has 1 aliphatic rings. The van der Waals surface area contributed by atoms with Gasteiger partial charge in [-0.05, 0) is 74.6 Å². The molecule has 0 saturated carbocycles. The number of aromatic nitrogens is 4. The van der Waals surface area contributed by atoms with E-state index in [1.165, 1.54) is 11.8 Å². The number of thioether (sulfide) groups is 1. The molecule has 1 aromatic heterocycles. The zero-order valence-electron chi connectivity index (χ0n) is 23.7. The van der Waals surface area contributed by atoms with Crippen molar-refractivity contribution < 1.29 is 19.7 Å². The molecular weight excluding hydrogens is 562 g/mol. The smallest absolute Gasteiger partial charge is 0.214 e. The molecule has 1 fully saturated rings. The minimum Gasteiger partial charge on any atom is -0.508 e. The minimum atomic E-state index is -0.602. The molecule has 0 bridgehead atoms. The second-order valence-electron chi connectivity index (χ2n) is 10.6. The summed E-state index contributed by atoms with van der Waals surface area (Å²) < 4.78 is 15.0. The lowest BCUT2D eigenvalue weighted by Crippen LogP contribution is -2.38. The summed E-state index contributed by atoms with van der Waals surface area (Å²) in [6, 6.07) is 31.1. The van der Waals surface area contributed by atoms with Gasteiger partial charge in [0.2, 0.25) is 5.16 Å². The van der Waals surface area contributed by atoms with Gasteiger partial charge in [0.05, 0.1) is 24.5 Å². The van der Waals surface area contributed by atoms with Crippen molar-refractivity contribution in [2.75, 3.05) is 5.75 Å². The second kappa shape index (κ2) is 13.1. The zero-order chi connectivity index (χ0) is 29.8. The average molecular weight is 596 g/mol. The van der Waals surface area contributed by atoms with Crippen molar-refractivity contribution in [2.24, 2.45) is 11.7 Å². The third-order valence-electron chi connectivity index (χ3n) is 7.69. The van der Waals surface area contributed by atoms with E-state index >= 15 is 0 Å². The van der Waals surface area contributed by atoms with Gasteiger partial charge in [-0.3, -0.25) is 0 Å². The summed E-state index contributed by atoms with van der Waals surface area (Å²) in [6.07, 6.45) is -1.04. The number of rotatable bonds is 9. The second-order valence-corrected chi connectivity index (χ2v) is 11.5. The van der Waals surface area contributed by atoms with Crippen molar-refractivity contribution in [1.29, 1.82) is 0 Å². The van der Waals surface area contributed by atoms with Gasteiger partial charge in [-0.1, -0.05) is 79.3 Å². The van der Waals surface area contributed by atoms with Crippen molar-refractivity contribution >= 4 is 11.8 Å².